The molecule has 0 atom stereocenters. The van der Waals surface area contributed by atoms with Gasteiger partial charge < -0.3 is 0 Å². The van der Waals surface area contributed by atoms with Gasteiger partial charge in [-0.15, -0.1) is 0 Å². The lowest BCUT2D eigenvalue weighted by molar-refractivity contribution is 0.599. The smallest absolute Gasteiger partial charge is 0.282 e. The van der Waals surface area contributed by atoms with E-state index < -0.39 is 0 Å². The van der Waals surface area contributed by atoms with Crippen LogP contribution in [0.1, 0.15) is 37.2 Å². The highest BCUT2D eigenvalue weighted by molar-refractivity contribution is 5.06. The lowest BCUT2D eigenvalue weighted by Crippen LogP contribution is -2.24. The predicted octanol–water partition coefficient (Wildman–Crippen LogP) is 0.724. The van der Waals surface area contributed by atoms with Crippen LogP contribution >= 0.6 is 0 Å². The Morgan fingerprint density at radius 1 is 1.39 bits per heavy atom. The third-order valence-electron chi connectivity index (χ3n) is 3.35. The van der Waals surface area contributed by atoms with E-state index in [1.807, 2.05) is 23.9 Å². The maximum absolute atomic E-state index is 12.0. The molecule has 18 heavy (non-hydrogen) atoms. The van der Waals surface area contributed by atoms with E-state index >= 15 is 0 Å². The van der Waals surface area contributed by atoms with Crippen LogP contribution in [0.2, 0.25) is 0 Å². The van der Waals surface area contributed by atoms with E-state index in [4.69, 9.17) is 0 Å². The fourth-order valence-corrected chi connectivity index (χ4v) is 2.12. The first-order valence-corrected chi connectivity index (χ1v) is 6.35. The fraction of sp³-hybridized carbons (Fsp3) is 0.583. The molecular weight excluding hydrogens is 230 g/mol. The largest absolute Gasteiger partial charge is 0.346 e. The van der Waals surface area contributed by atoms with E-state index in [0.29, 0.717) is 12.5 Å². The molecule has 1 fully saturated rings. The van der Waals surface area contributed by atoms with Gasteiger partial charge in [0.15, 0.2) is 0 Å². The zero-order valence-corrected chi connectivity index (χ0v) is 10.7. The number of hydrogen-bond donors (Lipinski definition) is 0. The predicted molar refractivity (Wildman–Crippen MR) is 66.4 cm³/mol. The molecule has 0 bridgehead atoms. The van der Waals surface area contributed by atoms with Gasteiger partial charge in [-0.25, -0.2) is 9.48 Å². The highest BCUT2D eigenvalue weighted by Gasteiger charge is 2.29. The van der Waals surface area contributed by atoms with Crippen LogP contribution < -0.4 is 5.69 Å². The molecule has 2 aromatic heterocycles. The minimum atomic E-state index is -0.0528. The standard InChI is InChI=1S/C12H17N5O/c1-3-16-7-6-10(13-16)8-17-12(18)15(2)11(14-17)9-4-5-9/h6-7,9H,3-5,8H2,1-2H3. The van der Waals surface area contributed by atoms with Gasteiger partial charge in [0.1, 0.15) is 5.82 Å². The first-order chi connectivity index (χ1) is 8.69. The van der Waals surface area contributed by atoms with Crippen molar-refractivity contribution in [2.45, 2.75) is 38.8 Å². The molecule has 2 heterocycles. The average Bonchev–Trinajstić information content (AvgIpc) is 3.05. The summed E-state index contributed by atoms with van der Waals surface area (Å²) < 4.78 is 5.02. The molecular formula is C12H17N5O. The van der Waals surface area contributed by atoms with Crippen molar-refractivity contribution in [1.82, 2.24) is 24.1 Å². The Kier molecular flexibility index (Phi) is 2.57. The first-order valence-electron chi connectivity index (χ1n) is 6.35. The monoisotopic (exact) mass is 247 g/mol. The second-order valence-corrected chi connectivity index (χ2v) is 4.79. The Balaban J connectivity index is 1.88. The molecule has 2 aromatic rings. The van der Waals surface area contributed by atoms with Gasteiger partial charge in [-0.05, 0) is 25.8 Å². The van der Waals surface area contributed by atoms with Crippen molar-refractivity contribution < 1.29 is 0 Å². The number of aryl methyl sites for hydroxylation is 1. The molecule has 0 N–H and O–H groups in total. The molecule has 0 aromatic carbocycles. The van der Waals surface area contributed by atoms with Crippen LogP contribution in [-0.2, 0) is 20.1 Å². The van der Waals surface area contributed by atoms with E-state index in [1.54, 1.807) is 11.6 Å². The second kappa shape index (κ2) is 4.12. The van der Waals surface area contributed by atoms with Crippen LogP contribution in [0, 0.1) is 0 Å². The van der Waals surface area contributed by atoms with Crippen LogP contribution in [0.15, 0.2) is 17.1 Å². The lowest BCUT2D eigenvalue weighted by Gasteiger charge is -1.96. The summed E-state index contributed by atoms with van der Waals surface area (Å²) in [4.78, 5) is 12.0. The van der Waals surface area contributed by atoms with E-state index in [-0.39, 0.29) is 5.69 Å². The maximum atomic E-state index is 12.0. The van der Waals surface area contributed by atoms with Crippen LogP contribution in [-0.4, -0.2) is 24.1 Å². The summed E-state index contributed by atoms with van der Waals surface area (Å²) in [6.07, 6.45) is 4.22. The third-order valence-corrected chi connectivity index (χ3v) is 3.35. The molecule has 0 unspecified atom stereocenters. The molecule has 0 spiro atoms. The normalized spacial score (nSPS) is 15.2. The quantitative estimate of drug-likeness (QED) is 0.800. The summed E-state index contributed by atoms with van der Waals surface area (Å²) >= 11 is 0. The summed E-state index contributed by atoms with van der Waals surface area (Å²) in [5.41, 5.74) is 0.822. The molecule has 6 nitrogen and oxygen atoms in total. The molecule has 0 aliphatic heterocycles. The van der Waals surface area contributed by atoms with Gasteiger partial charge in [0.25, 0.3) is 0 Å². The van der Waals surface area contributed by atoms with E-state index in [1.165, 1.54) is 4.68 Å². The Hall–Kier alpha value is -1.85. The highest BCUT2D eigenvalue weighted by atomic mass is 16.2. The van der Waals surface area contributed by atoms with Crippen LogP contribution in [0.25, 0.3) is 0 Å². The van der Waals surface area contributed by atoms with Crippen molar-refractivity contribution in [3.8, 4) is 0 Å². The van der Waals surface area contributed by atoms with Crippen molar-refractivity contribution in [2.24, 2.45) is 7.05 Å². The SMILES string of the molecule is CCn1ccc(Cn2nc(C3CC3)n(C)c2=O)n1. The van der Waals surface area contributed by atoms with Gasteiger partial charge in [-0.1, -0.05) is 0 Å². The van der Waals surface area contributed by atoms with Gasteiger partial charge in [0.2, 0.25) is 0 Å². The molecule has 3 rings (SSSR count). The average molecular weight is 247 g/mol. The van der Waals surface area contributed by atoms with Gasteiger partial charge >= 0.3 is 5.69 Å². The second-order valence-electron chi connectivity index (χ2n) is 4.79. The summed E-state index contributed by atoms with van der Waals surface area (Å²) in [5, 5.41) is 8.79. The zero-order valence-electron chi connectivity index (χ0n) is 10.7. The highest BCUT2D eigenvalue weighted by Crippen LogP contribution is 2.38. The molecule has 6 heteroatoms. The van der Waals surface area contributed by atoms with Crippen LogP contribution in [0.5, 0.6) is 0 Å². The number of rotatable bonds is 4. The number of hydrogen-bond acceptors (Lipinski definition) is 3. The Morgan fingerprint density at radius 2 is 2.17 bits per heavy atom. The van der Waals surface area contributed by atoms with Gasteiger partial charge in [-0.3, -0.25) is 9.25 Å². The van der Waals surface area contributed by atoms with E-state index in [9.17, 15) is 4.79 Å². The van der Waals surface area contributed by atoms with Crippen LogP contribution in [0.4, 0.5) is 0 Å². The van der Waals surface area contributed by atoms with Crippen molar-refractivity contribution in [2.75, 3.05) is 0 Å². The van der Waals surface area contributed by atoms with Crippen molar-refractivity contribution in [3.05, 3.63) is 34.3 Å². The molecule has 0 radical (unpaired) electrons. The minimum Gasteiger partial charge on any atom is -0.282 e. The third kappa shape index (κ3) is 1.87. The molecule has 0 amide bonds. The summed E-state index contributed by atoms with van der Waals surface area (Å²) in [5.74, 6) is 1.40. The first kappa shape index (κ1) is 11.3. The van der Waals surface area contributed by atoms with Gasteiger partial charge in [0, 0.05) is 25.7 Å². The fourth-order valence-electron chi connectivity index (χ4n) is 2.12. The van der Waals surface area contributed by atoms with Crippen molar-refractivity contribution >= 4 is 0 Å². The molecule has 96 valence electrons. The van der Waals surface area contributed by atoms with Crippen molar-refractivity contribution in [1.29, 1.82) is 0 Å². The lowest BCUT2D eigenvalue weighted by atomic mass is 10.4. The van der Waals surface area contributed by atoms with Gasteiger partial charge in [0.05, 0.1) is 12.2 Å². The summed E-state index contributed by atoms with van der Waals surface area (Å²) in [7, 11) is 1.80. The summed E-state index contributed by atoms with van der Waals surface area (Å²) in [6.45, 7) is 3.33. The van der Waals surface area contributed by atoms with E-state index in [2.05, 4.69) is 10.2 Å². The van der Waals surface area contributed by atoms with Gasteiger partial charge in [-0.2, -0.15) is 10.2 Å². The molecule has 0 saturated heterocycles. The zero-order chi connectivity index (χ0) is 12.7. The number of aromatic nitrogens is 5. The maximum Gasteiger partial charge on any atom is 0.346 e. The number of nitrogens with zero attached hydrogens (tertiary/aromatic N) is 5. The topological polar surface area (TPSA) is 57.6 Å². The summed E-state index contributed by atoms with van der Waals surface area (Å²) in [6, 6.07) is 1.93. The van der Waals surface area contributed by atoms with E-state index in [0.717, 1.165) is 30.9 Å². The molecule has 1 aliphatic carbocycles. The Morgan fingerprint density at radius 3 is 2.78 bits per heavy atom. The Labute approximate surface area is 105 Å². The van der Waals surface area contributed by atoms with Crippen LogP contribution in [0.3, 0.4) is 0 Å². The molecule has 1 aliphatic rings. The van der Waals surface area contributed by atoms with Crippen molar-refractivity contribution in [3.63, 3.8) is 0 Å². The minimum absolute atomic E-state index is 0.0528. The molecule has 1 saturated carbocycles. The Bertz CT molecular complexity index is 617.